The molecule has 0 amide bonds. The fourth-order valence-electron chi connectivity index (χ4n) is 1.95. The second-order valence-electron chi connectivity index (χ2n) is 5.32. The van der Waals surface area contributed by atoms with E-state index in [9.17, 15) is 8.42 Å². The lowest BCUT2D eigenvalue weighted by Gasteiger charge is -2.13. The van der Waals surface area contributed by atoms with E-state index in [1.807, 2.05) is 45.0 Å². The molecule has 0 aliphatic heterocycles. The van der Waals surface area contributed by atoms with E-state index in [2.05, 4.69) is 14.7 Å². The monoisotopic (exact) mass is 320 g/mol. The number of nitrogens with one attached hydrogen (secondary N) is 1. The number of hydrogen-bond acceptors (Lipinski definition) is 5. The molecule has 1 aromatic carbocycles. The van der Waals surface area contributed by atoms with Gasteiger partial charge in [-0.25, -0.2) is 23.1 Å². The van der Waals surface area contributed by atoms with Crippen LogP contribution in [0.2, 0.25) is 0 Å². The van der Waals surface area contributed by atoms with Crippen LogP contribution in [0.15, 0.2) is 35.2 Å². The van der Waals surface area contributed by atoms with Gasteiger partial charge in [-0.15, -0.1) is 0 Å². The van der Waals surface area contributed by atoms with Gasteiger partial charge in [-0.05, 0) is 31.5 Å². The van der Waals surface area contributed by atoms with E-state index >= 15 is 0 Å². The van der Waals surface area contributed by atoms with E-state index in [0.29, 0.717) is 5.82 Å². The van der Waals surface area contributed by atoms with Gasteiger partial charge in [0.15, 0.2) is 0 Å². The summed E-state index contributed by atoms with van der Waals surface area (Å²) in [4.78, 5) is 10.7. The van der Waals surface area contributed by atoms with Crippen molar-refractivity contribution in [2.75, 3.05) is 19.0 Å². The summed E-state index contributed by atoms with van der Waals surface area (Å²) in [5, 5.41) is 0. The minimum atomic E-state index is -3.57. The van der Waals surface area contributed by atoms with Crippen LogP contribution >= 0.6 is 0 Å². The molecule has 0 spiro atoms. The molecule has 0 unspecified atom stereocenters. The predicted molar refractivity (Wildman–Crippen MR) is 86.3 cm³/mol. The van der Waals surface area contributed by atoms with Gasteiger partial charge >= 0.3 is 0 Å². The standard InChI is InChI=1S/C15H20N4O2S/c1-11-6-5-7-13(8-11)22(20,21)16-10-14-17-12(2)9-15(18-14)19(3)4/h5-9,16H,10H2,1-4H3. The Kier molecular flexibility index (Phi) is 4.77. The number of nitrogens with zero attached hydrogens (tertiary/aromatic N) is 3. The molecule has 0 radical (unpaired) electrons. The Morgan fingerprint density at radius 1 is 1.14 bits per heavy atom. The summed E-state index contributed by atoms with van der Waals surface area (Å²) < 4.78 is 27.1. The van der Waals surface area contributed by atoms with Crippen LogP contribution in [0, 0.1) is 13.8 Å². The van der Waals surface area contributed by atoms with Crippen molar-refractivity contribution in [1.29, 1.82) is 0 Å². The van der Waals surface area contributed by atoms with Crippen LogP contribution in [0.25, 0.3) is 0 Å². The van der Waals surface area contributed by atoms with Gasteiger partial charge in [-0.3, -0.25) is 0 Å². The lowest BCUT2D eigenvalue weighted by molar-refractivity contribution is 0.579. The highest BCUT2D eigenvalue weighted by Gasteiger charge is 2.15. The lowest BCUT2D eigenvalue weighted by Crippen LogP contribution is -2.25. The van der Waals surface area contributed by atoms with Crippen LogP contribution in [0.5, 0.6) is 0 Å². The van der Waals surface area contributed by atoms with Crippen molar-refractivity contribution in [2.24, 2.45) is 0 Å². The average Bonchev–Trinajstić information content (AvgIpc) is 2.45. The topological polar surface area (TPSA) is 75.2 Å². The minimum absolute atomic E-state index is 0.0544. The molecule has 2 rings (SSSR count). The van der Waals surface area contributed by atoms with E-state index in [0.717, 1.165) is 17.1 Å². The van der Waals surface area contributed by atoms with Crippen LogP contribution < -0.4 is 9.62 Å². The van der Waals surface area contributed by atoms with Crippen molar-refractivity contribution in [3.63, 3.8) is 0 Å². The second-order valence-corrected chi connectivity index (χ2v) is 7.09. The van der Waals surface area contributed by atoms with E-state index in [4.69, 9.17) is 0 Å². The maximum absolute atomic E-state index is 12.3. The maximum Gasteiger partial charge on any atom is 0.240 e. The molecule has 0 aliphatic rings. The zero-order valence-corrected chi connectivity index (χ0v) is 14.0. The van der Waals surface area contributed by atoms with Crippen LogP contribution in [-0.4, -0.2) is 32.5 Å². The van der Waals surface area contributed by atoms with Crippen molar-refractivity contribution in [2.45, 2.75) is 25.3 Å². The Morgan fingerprint density at radius 2 is 1.86 bits per heavy atom. The molecule has 7 heteroatoms. The normalized spacial score (nSPS) is 11.5. The van der Waals surface area contributed by atoms with Crippen molar-refractivity contribution in [3.05, 3.63) is 47.4 Å². The largest absolute Gasteiger partial charge is 0.363 e. The van der Waals surface area contributed by atoms with E-state index in [1.165, 1.54) is 0 Å². The third kappa shape index (κ3) is 4.02. The van der Waals surface area contributed by atoms with E-state index in [1.54, 1.807) is 18.2 Å². The third-order valence-electron chi connectivity index (χ3n) is 3.07. The first-order valence-electron chi connectivity index (χ1n) is 6.86. The molecule has 0 bridgehead atoms. The SMILES string of the molecule is Cc1cccc(S(=O)(=O)NCc2nc(C)cc(N(C)C)n2)c1. The number of anilines is 1. The van der Waals surface area contributed by atoms with Gasteiger partial charge in [0.1, 0.15) is 11.6 Å². The highest BCUT2D eigenvalue weighted by molar-refractivity contribution is 7.89. The third-order valence-corrected chi connectivity index (χ3v) is 4.46. The highest BCUT2D eigenvalue weighted by Crippen LogP contribution is 2.12. The molecule has 1 N–H and O–H groups in total. The van der Waals surface area contributed by atoms with Crippen molar-refractivity contribution in [1.82, 2.24) is 14.7 Å². The summed E-state index contributed by atoms with van der Waals surface area (Å²) in [5.74, 6) is 1.19. The molecule has 22 heavy (non-hydrogen) atoms. The zero-order chi connectivity index (χ0) is 16.3. The van der Waals surface area contributed by atoms with Gasteiger partial charge in [0.05, 0.1) is 11.4 Å². The molecule has 118 valence electrons. The second kappa shape index (κ2) is 6.41. The van der Waals surface area contributed by atoms with Gasteiger partial charge in [-0.2, -0.15) is 0 Å². The van der Waals surface area contributed by atoms with E-state index in [-0.39, 0.29) is 11.4 Å². The molecule has 0 fully saturated rings. The summed E-state index contributed by atoms with van der Waals surface area (Å²) >= 11 is 0. The summed E-state index contributed by atoms with van der Waals surface area (Å²) in [6.45, 7) is 3.76. The van der Waals surface area contributed by atoms with Crippen LogP contribution in [0.3, 0.4) is 0 Å². The molecule has 6 nitrogen and oxygen atoms in total. The number of aromatic nitrogens is 2. The summed E-state index contributed by atoms with van der Waals surface area (Å²) in [7, 11) is 0.184. The Morgan fingerprint density at radius 3 is 2.50 bits per heavy atom. The summed E-state index contributed by atoms with van der Waals surface area (Å²) in [6, 6.07) is 8.62. The summed E-state index contributed by atoms with van der Waals surface area (Å²) in [5.41, 5.74) is 1.69. The van der Waals surface area contributed by atoms with Gasteiger partial charge in [0.2, 0.25) is 10.0 Å². The summed E-state index contributed by atoms with van der Waals surface area (Å²) in [6.07, 6.45) is 0. The molecular formula is C15H20N4O2S. The lowest BCUT2D eigenvalue weighted by atomic mass is 10.2. The first kappa shape index (κ1) is 16.4. The Labute approximate surface area is 131 Å². The minimum Gasteiger partial charge on any atom is -0.363 e. The predicted octanol–water partition coefficient (Wildman–Crippen LogP) is 1.64. The van der Waals surface area contributed by atoms with Gasteiger partial charge in [-0.1, -0.05) is 12.1 Å². The fourth-order valence-corrected chi connectivity index (χ4v) is 3.03. The van der Waals surface area contributed by atoms with Crippen LogP contribution in [0.4, 0.5) is 5.82 Å². The van der Waals surface area contributed by atoms with Crippen LogP contribution in [0.1, 0.15) is 17.1 Å². The number of hydrogen-bond donors (Lipinski definition) is 1. The zero-order valence-electron chi connectivity index (χ0n) is 13.2. The molecule has 1 aromatic heterocycles. The molecule has 0 aliphatic carbocycles. The highest BCUT2D eigenvalue weighted by atomic mass is 32.2. The van der Waals surface area contributed by atoms with Crippen molar-refractivity contribution in [3.8, 4) is 0 Å². The molecule has 0 atom stereocenters. The number of rotatable bonds is 5. The Bertz CT molecular complexity index is 773. The van der Waals surface area contributed by atoms with E-state index < -0.39 is 10.0 Å². The molecule has 2 aromatic rings. The number of sulfonamides is 1. The maximum atomic E-state index is 12.3. The molecule has 0 saturated heterocycles. The molecule has 1 heterocycles. The molecular weight excluding hydrogens is 300 g/mol. The Balaban J connectivity index is 2.19. The molecule has 0 saturated carbocycles. The number of benzene rings is 1. The van der Waals surface area contributed by atoms with Gasteiger partial charge < -0.3 is 4.90 Å². The van der Waals surface area contributed by atoms with Crippen molar-refractivity contribution >= 4 is 15.8 Å². The number of aryl methyl sites for hydroxylation is 2. The van der Waals surface area contributed by atoms with Gasteiger partial charge in [0.25, 0.3) is 0 Å². The van der Waals surface area contributed by atoms with Crippen LogP contribution in [-0.2, 0) is 16.6 Å². The van der Waals surface area contributed by atoms with Gasteiger partial charge in [0, 0.05) is 25.9 Å². The first-order valence-corrected chi connectivity index (χ1v) is 8.34. The smallest absolute Gasteiger partial charge is 0.240 e. The quantitative estimate of drug-likeness (QED) is 0.906. The average molecular weight is 320 g/mol. The fraction of sp³-hybridized carbons (Fsp3) is 0.333. The first-order chi connectivity index (χ1) is 10.3. The Hall–Kier alpha value is -1.99. The van der Waals surface area contributed by atoms with Crippen molar-refractivity contribution < 1.29 is 8.42 Å².